The number of benzene rings is 4. The Hall–Kier alpha value is -4.18. The zero-order valence-corrected chi connectivity index (χ0v) is 18.6. The lowest BCUT2D eigenvalue weighted by Gasteiger charge is -2.16. The summed E-state index contributed by atoms with van der Waals surface area (Å²) in [6, 6.07) is 32.4. The zero-order valence-electron chi connectivity index (χ0n) is 18.6. The average molecular weight is 444 g/mol. The summed E-state index contributed by atoms with van der Waals surface area (Å²) in [5, 5.41) is 4.54. The molecule has 34 heavy (non-hydrogen) atoms. The molecular weight excluding hydrogens is 422 g/mol. The molecule has 5 aromatic rings. The molecule has 2 aliphatic rings. The fraction of sp³-hybridized carbons (Fsp3) is 0.133. The van der Waals surface area contributed by atoms with Crippen LogP contribution in [0.1, 0.15) is 22.6 Å². The molecule has 0 bridgehead atoms. The minimum Gasteiger partial charge on any atom is -0.479 e. The van der Waals surface area contributed by atoms with Crippen molar-refractivity contribution < 1.29 is 9.15 Å². The van der Waals surface area contributed by atoms with Crippen LogP contribution in [0.5, 0.6) is 5.75 Å². The predicted octanol–water partition coefficient (Wildman–Crippen LogP) is 7.60. The molecule has 2 heterocycles. The highest BCUT2D eigenvalue weighted by molar-refractivity contribution is 5.87. The second-order valence-corrected chi connectivity index (χ2v) is 9.17. The summed E-state index contributed by atoms with van der Waals surface area (Å²) in [5.74, 6) is 1.76. The summed E-state index contributed by atoms with van der Waals surface area (Å²) in [7, 11) is 0. The van der Waals surface area contributed by atoms with Gasteiger partial charge in [-0.25, -0.2) is 0 Å². The maximum Gasteiger partial charge on any atom is 0.170 e. The predicted molar refractivity (Wildman–Crippen MR) is 133 cm³/mol. The van der Waals surface area contributed by atoms with Gasteiger partial charge in [-0.2, -0.15) is 4.91 Å². The van der Waals surface area contributed by atoms with Crippen LogP contribution in [-0.4, -0.2) is 6.04 Å². The van der Waals surface area contributed by atoms with E-state index in [1.54, 1.807) is 0 Å². The van der Waals surface area contributed by atoms with Gasteiger partial charge in [0.1, 0.15) is 23.1 Å². The number of para-hydroxylation sites is 2. The van der Waals surface area contributed by atoms with Crippen molar-refractivity contribution >= 4 is 11.0 Å². The molecular formula is C30H21NO3. The van der Waals surface area contributed by atoms with Crippen molar-refractivity contribution in [1.29, 1.82) is 0 Å². The van der Waals surface area contributed by atoms with Crippen LogP contribution in [0.2, 0.25) is 0 Å². The number of aryl methyl sites for hydroxylation is 1. The van der Waals surface area contributed by atoms with Crippen molar-refractivity contribution in [2.24, 2.45) is 5.18 Å². The number of ether oxygens (including phenoxy) is 1. The van der Waals surface area contributed by atoms with Gasteiger partial charge in [0.25, 0.3) is 0 Å². The quantitative estimate of drug-likeness (QED) is 0.269. The topological polar surface area (TPSA) is 51.8 Å². The molecule has 1 saturated carbocycles. The summed E-state index contributed by atoms with van der Waals surface area (Å²) in [4.78, 5) is 11.5. The standard InChI is InChI=1S/C30H21NO3/c1-18-23-6-2-4-8-25(23)33-28(18)21-12-10-19(11-13-21)20-14-16-22(17-15-20)30-27(29(30)31-32)24-7-3-5-9-26(24)34-30/h2-17,27,29H,1H3. The highest BCUT2D eigenvalue weighted by Crippen LogP contribution is 2.68. The molecule has 3 unspecified atom stereocenters. The molecule has 0 spiro atoms. The SMILES string of the molecule is Cc1c(-c2ccc(-c3ccc(C45Oc6ccccc6C4C5N=O)cc3)cc2)oc2ccccc12. The first-order valence-electron chi connectivity index (χ1n) is 11.5. The third-order valence-corrected chi connectivity index (χ3v) is 7.41. The maximum absolute atomic E-state index is 11.5. The number of nitrogens with zero attached hydrogens (tertiary/aromatic N) is 1. The molecule has 7 rings (SSSR count). The van der Waals surface area contributed by atoms with E-state index in [9.17, 15) is 4.91 Å². The van der Waals surface area contributed by atoms with Crippen LogP contribution < -0.4 is 4.74 Å². The monoisotopic (exact) mass is 443 g/mol. The molecule has 164 valence electrons. The van der Waals surface area contributed by atoms with Crippen LogP contribution in [0.25, 0.3) is 33.4 Å². The second-order valence-electron chi connectivity index (χ2n) is 9.17. The van der Waals surface area contributed by atoms with E-state index >= 15 is 0 Å². The van der Waals surface area contributed by atoms with Gasteiger partial charge in [-0.3, -0.25) is 0 Å². The number of hydrogen-bond acceptors (Lipinski definition) is 4. The molecule has 1 aliphatic carbocycles. The second kappa shape index (κ2) is 6.91. The van der Waals surface area contributed by atoms with Gasteiger partial charge < -0.3 is 9.15 Å². The van der Waals surface area contributed by atoms with Gasteiger partial charge >= 0.3 is 0 Å². The fourth-order valence-corrected chi connectivity index (χ4v) is 5.62. The van der Waals surface area contributed by atoms with Crippen LogP contribution >= 0.6 is 0 Å². The Morgan fingerprint density at radius 1 is 0.765 bits per heavy atom. The van der Waals surface area contributed by atoms with Crippen LogP contribution in [-0.2, 0) is 5.60 Å². The smallest absolute Gasteiger partial charge is 0.170 e. The normalized spacial score (nSPS) is 22.1. The Bertz CT molecular complexity index is 1570. The van der Waals surface area contributed by atoms with Crippen LogP contribution in [0.3, 0.4) is 0 Å². The molecule has 1 fully saturated rings. The first-order valence-corrected chi connectivity index (χ1v) is 11.5. The summed E-state index contributed by atoms with van der Waals surface area (Å²) in [6.07, 6.45) is 0. The van der Waals surface area contributed by atoms with Gasteiger partial charge in [-0.05, 0) is 35.7 Å². The Morgan fingerprint density at radius 3 is 2.15 bits per heavy atom. The minimum absolute atomic E-state index is 0.00150. The molecule has 0 radical (unpaired) electrons. The van der Waals surface area contributed by atoms with E-state index in [0.29, 0.717) is 0 Å². The summed E-state index contributed by atoms with van der Waals surface area (Å²) >= 11 is 0. The molecule has 0 saturated heterocycles. The van der Waals surface area contributed by atoms with Gasteiger partial charge in [-0.15, -0.1) is 0 Å². The van der Waals surface area contributed by atoms with Crippen molar-refractivity contribution in [3.05, 3.63) is 119 Å². The first kappa shape index (κ1) is 19.3. The molecule has 1 aliphatic heterocycles. The zero-order chi connectivity index (χ0) is 22.9. The molecule has 3 atom stereocenters. The molecule has 4 aromatic carbocycles. The third-order valence-electron chi connectivity index (χ3n) is 7.41. The van der Waals surface area contributed by atoms with Crippen molar-refractivity contribution in [3.63, 3.8) is 0 Å². The highest BCUT2D eigenvalue weighted by Gasteiger charge is 2.75. The van der Waals surface area contributed by atoms with E-state index in [4.69, 9.17) is 9.15 Å². The van der Waals surface area contributed by atoms with Gasteiger partial charge in [-0.1, -0.05) is 90.1 Å². The van der Waals surface area contributed by atoms with E-state index in [2.05, 4.69) is 66.7 Å². The number of furan rings is 1. The van der Waals surface area contributed by atoms with Gasteiger partial charge in [0.05, 0.1) is 5.92 Å². The fourth-order valence-electron chi connectivity index (χ4n) is 5.62. The molecule has 1 aromatic heterocycles. The Balaban J connectivity index is 1.19. The lowest BCUT2D eigenvalue weighted by molar-refractivity contribution is 0.186. The molecule has 4 heteroatoms. The Kier molecular flexibility index (Phi) is 3.92. The van der Waals surface area contributed by atoms with Crippen LogP contribution in [0.4, 0.5) is 0 Å². The maximum atomic E-state index is 11.5. The minimum atomic E-state index is -0.660. The highest BCUT2D eigenvalue weighted by atomic mass is 16.5. The van der Waals surface area contributed by atoms with Crippen molar-refractivity contribution in [2.75, 3.05) is 0 Å². The Labute approximate surface area is 196 Å². The summed E-state index contributed by atoms with van der Waals surface area (Å²) in [6.45, 7) is 2.10. The van der Waals surface area contributed by atoms with E-state index in [1.807, 2.05) is 42.5 Å². The molecule has 4 nitrogen and oxygen atoms in total. The van der Waals surface area contributed by atoms with Crippen molar-refractivity contribution in [2.45, 2.75) is 24.5 Å². The third kappa shape index (κ3) is 2.54. The van der Waals surface area contributed by atoms with Crippen LogP contribution in [0.15, 0.2) is 107 Å². The van der Waals surface area contributed by atoms with E-state index in [1.165, 1.54) is 0 Å². The van der Waals surface area contributed by atoms with E-state index in [-0.39, 0.29) is 12.0 Å². The molecule has 0 amide bonds. The lowest BCUT2D eigenvalue weighted by atomic mass is 9.98. The summed E-state index contributed by atoms with van der Waals surface area (Å²) < 4.78 is 12.4. The lowest BCUT2D eigenvalue weighted by Crippen LogP contribution is -2.18. The number of nitroso groups, excluding NO2 is 1. The van der Waals surface area contributed by atoms with Crippen molar-refractivity contribution in [3.8, 4) is 28.2 Å². The largest absolute Gasteiger partial charge is 0.479 e. The first-order chi connectivity index (χ1) is 16.7. The number of hydrogen-bond donors (Lipinski definition) is 0. The van der Waals surface area contributed by atoms with Gasteiger partial charge in [0.15, 0.2) is 5.60 Å². The average Bonchev–Trinajstić information content (AvgIpc) is 3.22. The molecule has 0 N–H and O–H groups in total. The Morgan fingerprint density at radius 2 is 1.41 bits per heavy atom. The van der Waals surface area contributed by atoms with Crippen molar-refractivity contribution in [1.82, 2.24) is 0 Å². The number of rotatable bonds is 4. The van der Waals surface area contributed by atoms with E-state index in [0.717, 1.165) is 55.9 Å². The van der Waals surface area contributed by atoms with E-state index < -0.39 is 5.60 Å². The van der Waals surface area contributed by atoms with Gasteiger partial charge in [0.2, 0.25) is 0 Å². The summed E-state index contributed by atoms with van der Waals surface area (Å²) in [5.41, 5.74) is 6.77. The van der Waals surface area contributed by atoms with Gasteiger partial charge in [0, 0.05) is 22.1 Å². The van der Waals surface area contributed by atoms with Crippen LogP contribution in [0, 0.1) is 11.8 Å². The number of fused-ring (bicyclic) bond motifs is 4.